The van der Waals surface area contributed by atoms with E-state index in [1.54, 1.807) is 0 Å². The van der Waals surface area contributed by atoms with Crippen LogP contribution in [0.25, 0.3) is 0 Å². The lowest BCUT2D eigenvalue weighted by molar-refractivity contribution is -0.135. The summed E-state index contributed by atoms with van der Waals surface area (Å²) in [5, 5.41) is 0. The van der Waals surface area contributed by atoms with E-state index in [0.717, 1.165) is 25.9 Å². The van der Waals surface area contributed by atoms with Crippen LogP contribution < -0.4 is 5.73 Å². The van der Waals surface area contributed by atoms with Crippen LogP contribution in [0.4, 0.5) is 0 Å². The van der Waals surface area contributed by atoms with E-state index in [0.29, 0.717) is 0 Å². The molecule has 82 valence electrons. The van der Waals surface area contributed by atoms with E-state index in [4.69, 9.17) is 5.73 Å². The largest absolute Gasteiger partial charge is 0.341 e. The van der Waals surface area contributed by atoms with Crippen molar-refractivity contribution in [3.05, 3.63) is 0 Å². The highest BCUT2D eigenvalue weighted by molar-refractivity contribution is 5.81. The Morgan fingerprint density at radius 1 is 1.57 bits per heavy atom. The van der Waals surface area contributed by atoms with Crippen molar-refractivity contribution in [2.45, 2.75) is 46.1 Å². The standard InChI is InChI=1S/C11H22N2O/c1-4-9(12)10(14)13-7-5-6-11(2,3)8-13/h9H,4-8,12H2,1-3H3. The average molecular weight is 198 g/mol. The highest BCUT2D eigenvalue weighted by atomic mass is 16.2. The van der Waals surface area contributed by atoms with Crippen LogP contribution in [0.3, 0.4) is 0 Å². The van der Waals surface area contributed by atoms with Gasteiger partial charge in [-0.1, -0.05) is 20.8 Å². The minimum Gasteiger partial charge on any atom is -0.341 e. The van der Waals surface area contributed by atoms with Crippen LogP contribution in [-0.2, 0) is 4.79 Å². The van der Waals surface area contributed by atoms with E-state index in [1.165, 1.54) is 6.42 Å². The first-order chi connectivity index (χ1) is 6.46. The molecule has 1 aliphatic rings. The molecular formula is C11H22N2O. The SMILES string of the molecule is CCC(N)C(=O)N1CCCC(C)(C)C1. The number of hydrogen-bond donors (Lipinski definition) is 1. The molecule has 0 saturated carbocycles. The number of carbonyl (C=O) groups is 1. The van der Waals surface area contributed by atoms with Gasteiger partial charge in [-0.3, -0.25) is 4.79 Å². The topological polar surface area (TPSA) is 46.3 Å². The number of piperidine rings is 1. The maximum atomic E-state index is 11.8. The summed E-state index contributed by atoms with van der Waals surface area (Å²) in [6, 6.07) is -0.302. The molecule has 0 bridgehead atoms. The summed E-state index contributed by atoms with van der Waals surface area (Å²) in [5.74, 6) is 0.125. The minimum absolute atomic E-state index is 0.125. The normalized spacial score (nSPS) is 23.3. The van der Waals surface area contributed by atoms with Crippen LogP contribution in [0.15, 0.2) is 0 Å². The molecule has 0 aromatic carbocycles. The van der Waals surface area contributed by atoms with Crippen molar-refractivity contribution in [3.63, 3.8) is 0 Å². The van der Waals surface area contributed by atoms with Crippen LogP contribution in [0, 0.1) is 5.41 Å². The Kier molecular flexibility index (Phi) is 3.53. The van der Waals surface area contributed by atoms with Gasteiger partial charge in [0.1, 0.15) is 0 Å². The van der Waals surface area contributed by atoms with Crippen molar-refractivity contribution in [1.82, 2.24) is 4.90 Å². The van der Waals surface area contributed by atoms with Crippen molar-refractivity contribution in [1.29, 1.82) is 0 Å². The summed E-state index contributed by atoms with van der Waals surface area (Å²) < 4.78 is 0. The molecule has 1 saturated heterocycles. The quantitative estimate of drug-likeness (QED) is 0.728. The van der Waals surface area contributed by atoms with Gasteiger partial charge >= 0.3 is 0 Å². The molecule has 1 amide bonds. The van der Waals surface area contributed by atoms with Crippen LogP contribution in [-0.4, -0.2) is 29.9 Å². The zero-order valence-corrected chi connectivity index (χ0v) is 9.55. The molecule has 3 nitrogen and oxygen atoms in total. The number of rotatable bonds is 2. The molecule has 0 radical (unpaired) electrons. The van der Waals surface area contributed by atoms with E-state index in [2.05, 4.69) is 13.8 Å². The highest BCUT2D eigenvalue weighted by Crippen LogP contribution is 2.28. The third-order valence-electron chi connectivity index (χ3n) is 2.97. The lowest BCUT2D eigenvalue weighted by Gasteiger charge is -2.39. The number of carbonyl (C=O) groups excluding carboxylic acids is 1. The fourth-order valence-corrected chi connectivity index (χ4v) is 2.02. The van der Waals surface area contributed by atoms with Gasteiger partial charge in [-0.25, -0.2) is 0 Å². The second kappa shape index (κ2) is 4.30. The lowest BCUT2D eigenvalue weighted by atomic mass is 9.84. The first-order valence-electron chi connectivity index (χ1n) is 5.50. The second-order valence-electron chi connectivity index (χ2n) is 5.04. The molecule has 0 aromatic rings. The van der Waals surface area contributed by atoms with Crippen molar-refractivity contribution in [2.24, 2.45) is 11.1 Å². The summed E-state index contributed by atoms with van der Waals surface area (Å²) in [7, 11) is 0. The molecule has 14 heavy (non-hydrogen) atoms. The van der Waals surface area contributed by atoms with Gasteiger partial charge in [0.2, 0.25) is 5.91 Å². The average Bonchev–Trinajstić information content (AvgIpc) is 2.14. The molecule has 3 heteroatoms. The van der Waals surface area contributed by atoms with E-state index >= 15 is 0 Å². The number of amides is 1. The fourth-order valence-electron chi connectivity index (χ4n) is 2.02. The molecule has 1 atom stereocenters. The van der Waals surface area contributed by atoms with Crippen molar-refractivity contribution in [2.75, 3.05) is 13.1 Å². The third-order valence-corrected chi connectivity index (χ3v) is 2.97. The zero-order valence-electron chi connectivity index (χ0n) is 9.55. The molecule has 1 unspecified atom stereocenters. The van der Waals surface area contributed by atoms with Crippen molar-refractivity contribution >= 4 is 5.91 Å². The smallest absolute Gasteiger partial charge is 0.239 e. The van der Waals surface area contributed by atoms with Gasteiger partial charge in [0.05, 0.1) is 6.04 Å². The predicted octanol–water partition coefficient (Wildman–Crippen LogP) is 1.37. The molecule has 0 spiro atoms. The minimum atomic E-state index is -0.302. The molecule has 1 fully saturated rings. The number of hydrogen-bond acceptors (Lipinski definition) is 2. The maximum Gasteiger partial charge on any atom is 0.239 e. The monoisotopic (exact) mass is 198 g/mol. The molecule has 0 aromatic heterocycles. The summed E-state index contributed by atoms with van der Waals surface area (Å²) in [6.45, 7) is 8.13. The summed E-state index contributed by atoms with van der Waals surface area (Å²) in [6.07, 6.45) is 3.04. The first kappa shape index (κ1) is 11.5. The number of likely N-dealkylation sites (tertiary alicyclic amines) is 1. The molecule has 1 rings (SSSR count). The van der Waals surface area contributed by atoms with E-state index in [-0.39, 0.29) is 17.4 Å². The number of nitrogens with two attached hydrogens (primary N) is 1. The van der Waals surface area contributed by atoms with Crippen LogP contribution in [0.5, 0.6) is 0 Å². The Bertz CT molecular complexity index is 213. The Labute approximate surface area is 86.6 Å². The van der Waals surface area contributed by atoms with E-state index < -0.39 is 0 Å². The van der Waals surface area contributed by atoms with E-state index in [1.807, 2.05) is 11.8 Å². The lowest BCUT2D eigenvalue weighted by Crippen LogP contribution is -2.49. The maximum absolute atomic E-state index is 11.8. The predicted molar refractivity (Wildman–Crippen MR) is 57.9 cm³/mol. The van der Waals surface area contributed by atoms with Gasteiger partial charge in [-0.2, -0.15) is 0 Å². The fraction of sp³-hybridized carbons (Fsp3) is 0.909. The van der Waals surface area contributed by atoms with Gasteiger partial charge in [0.25, 0.3) is 0 Å². The van der Waals surface area contributed by atoms with Crippen LogP contribution in [0.1, 0.15) is 40.0 Å². The van der Waals surface area contributed by atoms with Gasteiger partial charge < -0.3 is 10.6 Å². The Morgan fingerprint density at radius 3 is 2.71 bits per heavy atom. The van der Waals surface area contributed by atoms with Gasteiger partial charge in [0, 0.05) is 13.1 Å². The second-order valence-corrected chi connectivity index (χ2v) is 5.04. The van der Waals surface area contributed by atoms with Gasteiger partial charge in [0.15, 0.2) is 0 Å². The summed E-state index contributed by atoms with van der Waals surface area (Å²) >= 11 is 0. The van der Waals surface area contributed by atoms with Crippen LogP contribution in [0.2, 0.25) is 0 Å². The van der Waals surface area contributed by atoms with Crippen LogP contribution >= 0.6 is 0 Å². The molecule has 2 N–H and O–H groups in total. The Balaban J connectivity index is 2.56. The summed E-state index contributed by atoms with van der Waals surface area (Å²) in [4.78, 5) is 13.7. The third kappa shape index (κ3) is 2.71. The molecular weight excluding hydrogens is 176 g/mol. The van der Waals surface area contributed by atoms with Gasteiger partial charge in [-0.05, 0) is 24.7 Å². The zero-order chi connectivity index (χ0) is 10.8. The van der Waals surface area contributed by atoms with Gasteiger partial charge in [-0.15, -0.1) is 0 Å². The Hall–Kier alpha value is -0.570. The molecule has 1 heterocycles. The highest BCUT2D eigenvalue weighted by Gasteiger charge is 2.30. The Morgan fingerprint density at radius 2 is 2.21 bits per heavy atom. The number of nitrogens with zero attached hydrogens (tertiary/aromatic N) is 1. The van der Waals surface area contributed by atoms with Crippen molar-refractivity contribution < 1.29 is 4.79 Å². The molecule has 0 aliphatic carbocycles. The summed E-state index contributed by atoms with van der Waals surface area (Å²) in [5.41, 5.74) is 6.01. The molecule has 1 aliphatic heterocycles. The van der Waals surface area contributed by atoms with Crippen molar-refractivity contribution in [3.8, 4) is 0 Å². The van der Waals surface area contributed by atoms with E-state index in [9.17, 15) is 4.79 Å². The first-order valence-corrected chi connectivity index (χ1v) is 5.50.